The Bertz CT molecular complexity index is 1460. The van der Waals surface area contributed by atoms with Gasteiger partial charge in [0.25, 0.3) is 5.91 Å². The highest BCUT2D eigenvalue weighted by atomic mass is 16.2. The van der Waals surface area contributed by atoms with Crippen molar-refractivity contribution in [2.24, 2.45) is 5.92 Å². The lowest BCUT2D eigenvalue weighted by molar-refractivity contribution is -0.116. The Morgan fingerprint density at radius 3 is 2.88 bits per heavy atom. The lowest BCUT2D eigenvalue weighted by atomic mass is 9.87. The number of nitrogen functional groups attached to an aromatic ring is 1. The highest BCUT2D eigenvalue weighted by Crippen LogP contribution is 2.37. The molecule has 0 radical (unpaired) electrons. The first-order valence-corrected chi connectivity index (χ1v) is 11.7. The lowest BCUT2D eigenvalue weighted by Crippen LogP contribution is -2.41. The molecule has 2 amide bonds. The number of hydrogen-bond acceptors (Lipinski definition) is 5. The maximum absolute atomic E-state index is 13.8. The Balaban J connectivity index is 1.38. The molecular formula is C26H26N6O2. The fraction of sp³-hybridized carbons (Fsp3) is 0.308. The Morgan fingerprint density at radius 2 is 2.00 bits per heavy atom. The van der Waals surface area contributed by atoms with Crippen molar-refractivity contribution in [2.45, 2.75) is 38.6 Å². The van der Waals surface area contributed by atoms with Gasteiger partial charge in [-0.25, -0.2) is 9.97 Å². The minimum Gasteiger partial charge on any atom is -0.382 e. The van der Waals surface area contributed by atoms with E-state index >= 15 is 0 Å². The van der Waals surface area contributed by atoms with Gasteiger partial charge in [-0.1, -0.05) is 19.1 Å². The van der Waals surface area contributed by atoms with Crippen molar-refractivity contribution >= 4 is 39.9 Å². The van der Waals surface area contributed by atoms with Crippen LogP contribution in [0.5, 0.6) is 0 Å². The van der Waals surface area contributed by atoms with Crippen molar-refractivity contribution in [3.8, 4) is 0 Å². The number of anilines is 2. The summed E-state index contributed by atoms with van der Waals surface area (Å²) in [6.07, 6.45) is 6.58. The van der Waals surface area contributed by atoms with Gasteiger partial charge in [-0.05, 0) is 60.6 Å². The van der Waals surface area contributed by atoms with Gasteiger partial charge in [0.05, 0.1) is 29.6 Å². The van der Waals surface area contributed by atoms with Gasteiger partial charge in [-0.15, -0.1) is 0 Å². The van der Waals surface area contributed by atoms with Crippen molar-refractivity contribution in [1.29, 1.82) is 0 Å². The van der Waals surface area contributed by atoms with Crippen LogP contribution >= 0.6 is 0 Å². The molecule has 4 heterocycles. The molecule has 0 saturated carbocycles. The van der Waals surface area contributed by atoms with Gasteiger partial charge in [-0.2, -0.15) is 0 Å². The molecule has 3 N–H and O–H groups in total. The van der Waals surface area contributed by atoms with E-state index in [2.05, 4.69) is 28.3 Å². The maximum atomic E-state index is 13.8. The van der Waals surface area contributed by atoms with Gasteiger partial charge in [-0.3, -0.25) is 14.0 Å². The average Bonchev–Trinajstić information content (AvgIpc) is 3.34. The number of imidazole rings is 1. The molecule has 0 spiro atoms. The molecule has 2 aliphatic heterocycles. The number of carbonyl (C=O) groups excluding carboxylic acids is 2. The fourth-order valence-corrected chi connectivity index (χ4v) is 5.31. The van der Waals surface area contributed by atoms with Crippen molar-refractivity contribution in [3.05, 3.63) is 65.6 Å². The third-order valence-corrected chi connectivity index (χ3v) is 7.11. The van der Waals surface area contributed by atoms with E-state index in [-0.39, 0.29) is 17.9 Å². The molecule has 2 atom stereocenters. The van der Waals surface area contributed by atoms with E-state index < -0.39 is 0 Å². The molecule has 2 aromatic carbocycles. The first-order valence-electron chi connectivity index (χ1n) is 11.7. The minimum atomic E-state index is 0.000122. The van der Waals surface area contributed by atoms with Crippen molar-refractivity contribution in [1.82, 2.24) is 19.3 Å². The highest BCUT2D eigenvalue weighted by molar-refractivity contribution is 5.98. The average molecular weight is 455 g/mol. The van der Waals surface area contributed by atoms with E-state index in [1.807, 2.05) is 39.6 Å². The number of aromatic nitrogens is 3. The third kappa shape index (κ3) is 3.37. The molecule has 8 heteroatoms. The van der Waals surface area contributed by atoms with Gasteiger partial charge in [0.15, 0.2) is 0 Å². The molecule has 1 saturated heterocycles. The highest BCUT2D eigenvalue weighted by Gasteiger charge is 2.32. The van der Waals surface area contributed by atoms with E-state index in [1.54, 1.807) is 12.5 Å². The van der Waals surface area contributed by atoms with Crippen LogP contribution in [0, 0.1) is 5.92 Å². The number of amides is 2. The number of piperidine rings is 1. The Morgan fingerprint density at radius 1 is 1.12 bits per heavy atom. The molecule has 8 nitrogen and oxygen atoms in total. The van der Waals surface area contributed by atoms with Crippen LogP contribution in [-0.4, -0.2) is 37.6 Å². The fourth-order valence-electron chi connectivity index (χ4n) is 5.31. The molecule has 0 aliphatic carbocycles. The number of aryl methyl sites for hydroxylation is 1. The third-order valence-electron chi connectivity index (χ3n) is 7.11. The number of carbonyl (C=O) groups is 2. The molecule has 6 rings (SSSR count). The minimum absolute atomic E-state index is 0.000122. The van der Waals surface area contributed by atoms with Crippen LogP contribution in [0.15, 0.2) is 48.9 Å². The Hall–Kier alpha value is -3.94. The first kappa shape index (κ1) is 20.7. The molecule has 2 unspecified atom stereocenters. The topological polar surface area (TPSA) is 106 Å². The zero-order valence-corrected chi connectivity index (χ0v) is 19.0. The predicted octanol–water partition coefficient (Wildman–Crippen LogP) is 3.96. The zero-order chi connectivity index (χ0) is 23.4. The second-order valence-corrected chi connectivity index (χ2v) is 9.47. The zero-order valence-electron chi connectivity index (χ0n) is 19.0. The van der Waals surface area contributed by atoms with Crippen LogP contribution in [0.2, 0.25) is 0 Å². The summed E-state index contributed by atoms with van der Waals surface area (Å²) in [6.45, 7) is 2.90. The van der Waals surface area contributed by atoms with Gasteiger partial charge < -0.3 is 16.0 Å². The SMILES string of the molecule is CC1CCC(c2ccc3c(c2)CCC(=O)N3)N(C(=O)c2ccc3nc(N)c4cncn4c3c2)C1. The molecule has 172 valence electrons. The Labute approximate surface area is 196 Å². The molecule has 0 bridgehead atoms. The summed E-state index contributed by atoms with van der Waals surface area (Å²) < 4.78 is 1.88. The van der Waals surface area contributed by atoms with Gasteiger partial charge in [0, 0.05) is 24.2 Å². The van der Waals surface area contributed by atoms with Crippen LogP contribution in [-0.2, 0) is 11.2 Å². The number of hydrogen-bond donors (Lipinski definition) is 2. The molecule has 34 heavy (non-hydrogen) atoms. The van der Waals surface area contributed by atoms with Gasteiger partial charge in [0.2, 0.25) is 5.91 Å². The van der Waals surface area contributed by atoms with E-state index in [0.717, 1.165) is 52.6 Å². The van der Waals surface area contributed by atoms with Crippen LogP contribution in [0.3, 0.4) is 0 Å². The number of likely N-dealkylation sites (tertiary alicyclic amines) is 1. The number of nitrogens with one attached hydrogen (secondary N) is 1. The van der Waals surface area contributed by atoms with Crippen LogP contribution in [0.1, 0.15) is 53.7 Å². The largest absolute Gasteiger partial charge is 0.382 e. The van der Waals surface area contributed by atoms with Crippen molar-refractivity contribution in [2.75, 3.05) is 17.6 Å². The molecule has 2 aliphatic rings. The van der Waals surface area contributed by atoms with E-state index in [1.165, 1.54) is 0 Å². The summed E-state index contributed by atoms with van der Waals surface area (Å²) in [5, 5.41) is 2.95. The van der Waals surface area contributed by atoms with Crippen molar-refractivity contribution < 1.29 is 9.59 Å². The number of benzene rings is 2. The molecule has 1 fully saturated rings. The quantitative estimate of drug-likeness (QED) is 0.477. The smallest absolute Gasteiger partial charge is 0.254 e. The summed E-state index contributed by atoms with van der Waals surface area (Å²) in [7, 11) is 0. The second-order valence-electron chi connectivity index (χ2n) is 9.47. The number of fused-ring (bicyclic) bond motifs is 4. The molecule has 2 aromatic heterocycles. The summed E-state index contributed by atoms with van der Waals surface area (Å²) in [5.74, 6) is 0.912. The monoisotopic (exact) mass is 454 g/mol. The van der Waals surface area contributed by atoms with Crippen LogP contribution in [0.4, 0.5) is 11.5 Å². The Kier molecular flexibility index (Phi) is 4.76. The predicted molar refractivity (Wildman–Crippen MR) is 130 cm³/mol. The van der Waals surface area contributed by atoms with Gasteiger partial charge in [0.1, 0.15) is 11.3 Å². The van der Waals surface area contributed by atoms with Gasteiger partial charge >= 0.3 is 0 Å². The first-order chi connectivity index (χ1) is 16.5. The summed E-state index contributed by atoms with van der Waals surface area (Å²) >= 11 is 0. The summed E-state index contributed by atoms with van der Waals surface area (Å²) in [4.78, 5) is 36.3. The summed E-state index contributed by atoms with van der Waals surface area (Å²) in [5.41, 5.74) is 12.1. The van der Waals surface area contributed by atoms with Crippen LogP contribution < -0.4 is 11.1 Å². The normalized spacial score (nSPS) is 20.4. The number of nitrogens with zero attached hydrogens (tertiary/aromatic N) is 4. The maximum Gasteiger partial charge on any atom is 0.254 e. The van der Waals surface area contributed by atoms with Crippen LogP contribution in [0.25, 0.3) is 16.6 Å². The molecule has 4 aromatic rings. The standard InChI is InChI=1S/C26H26N6O2/c1-15-2-8-21(17-3-6-19-16(10-17)5-9-24(33)29-19)31(13-15)26(34)18-4-7-20-22(11-18)32-14-28-12-23(32)25(27)30-20/h3-4,6-7,10-12,14-15,21H,2,5,8-9,13H2,1H3,(H2,27,30)(H,29,33). The van der Waals surface area contributed by atoms with E-state index in [4.69, 9.17) is 5.73 Å². The molecular weight excluding hydrogens is 428 g/mol. The summed E-state index contributed by atoms with van der Waals surface area (Å²) in [6, 6.07) is 11.8. The van der Waals surface area contributed by atoms with E-state index in [9.17, 15) is 9.59 Å². The van der Waals surface area contributed by atoms with E-state index in [0.29, 0.717) is 30.3 Å². The van der Waals surface area contributed by atoms with Crippen molar-refractivity contribution in [3.63, 3.8) is 0 Å². The number of rotatable bonds is 2. The lowest BCUT2D eigenvalue weighted by Gasteiger charge is -2.39. The number of nitrogens with two attached hydrogens (primary N) is 1. The second kappa shape index (κ2) is 7.83.